The summed E-state index contributed by atoms with van der Waals surface area (Å²) in [4.78, 5) is 12.3. The zero-order chi connectivity index (χ0) is 13.8. The molecule has 0 spiro atoms. The van der Waals surface area contributed by atoms with Crippen molar-refractivity contribution < 1.29 is 4.79 Å². The average Bonchev–Trinajstić information content (AvgIpc) is 2.45. The van der Waals surface area contributed by atoms with E-state index in [2.05, 4.69) is 34.9 Å². The van der Waals surface area contributed by atoms with Gasteiger partial charge in [-0.3, -0.25) is 0 Å². The molecule has 0 unspecified atom stereocenters. The maximum atomic E-state index is 12.3. The predicted molar refractivity (Wildman–Crippen MR) is 80.5 cm³/mol. The second-order valence-electron chi connectivity index (χ2n) is 6.24. The lowest BCUT2D eigenvalue weighted by atomic mass is 9.72. The monoisotopic (exact) mass is 272 g/mol. The number of rotatable bonds is 3. The minimum absolute atomic E-state index is 0.0143. The highest BCUT2D eigenvalue weighted by atomic mass is 16.2. The van der Waals surface area contributed by atoms with Crippen molar-refractivity contribution in [2.75, 3.05) is 0 Å². The molecule has 0 atom stereocenters. The Balaban J connectivity index is 1.61. The van der Waals surface area contributed by atoms with Crippen LogP contribution in [0.15, 0.2) is 30.3 Å². The van der Waals surface area contributed by atoms with E-state index in [4.69, 9.17) is 0 Å². The van der Waals surface area contributed by atoms with Crippen LogP contribution in [-0.2, 0) is 5.54 Å². The van der Waals surface area contributed by atoms with E-state index in [1.165, 1.54) is 31.2 Å². The van der Waals surface area contributed by atoms with E-state index >= 15 is 0 Å². The summed E-state index contributed by atoms with van der Waals surface area (Å²) < 4.78 is 0. The van der Waals surface area contributed by atoms with Crippen molar-refractivity contribution in [3.63, 3.8) is 0 Å². The van der Waals surface area contributed by atoms with E-state index in [1.54, 1.807) is 0 Å². The van der Waals surface area contributed by atoms with Gasteiger partial charge in [-0.1, -0.05) is 49.6 Å². The molecule has 2 saturated carbocycles. The Labute approximate surface area is 121 Å². The zero-order valence-corrected chi connectivity index (χ0v) is 12.0. The highest BCUT2D eigenvalue weighted by molar-refractivity contribution is 5.75. The SMILES string of the molecule is O=C(NC1CCCCC1)NC1(c2ccccc2)CCC1. The molecule has 2 amide bonds. The molecule has 3 heteroatoms. The van der Waals surface area contributed by atoms with Crippen LogP contribution in [-0.4, -0.2) is 12.1 Å². The van der Waals surface area contributed by atoms with Gasteiger partial charge >= 0.3 is 6.03 Å². The number of nitrogens with one attached hydrogen (secondary N) is 2. The minimum Gasteiger partial charge on any atom is -0.335 e. The van der Waals surface area contributed by atoms with Gasteiger partial charge in [0.2, 0.25) is 0 Å². The first-order chi connectivity index (χ1) is 9.78. The molecular formula is C17H24N2O. The van der Waals surface area contributed by atoms with Crippen LogP contribution in [0.3, 0.4) is 0 Å². The maximum absolute atomic E-state index is 12.3. The average molecular weight is 272 g/mol. The molecule has 2 N–H and O–H groups in total. The van der Waals surface area contributed by atoms with Crippen LogP contribution in [0.5, 0.6) is 0 Å². The molecule has 2 fully saturated rings. The molecule has 0 bridgehead atoms. The standard InChI is InChI=1S/C17H24N2O/c20-16(18-15-10-5-2-6-11-15)19-17(12-7-13-17)14-8-3-1-4-9-14/h1,3-4,8-9,15H,2,5-7,10-13H2,(H2,18,19,20). The summed E-state index contributed by atoms with van der Waals surface area (Å²) >= 11 is 0. The largest absolute Gasteiger partial charge is 0.335 e. The molecule has 2 aliphatic carbocycles. The van der Waals surface area contributed by atoms with Gasteiger partial charge < -0.3 is 10.6 Å². The van der Waals surface area contributed by atoms with Crippen molar-refractivity contribution in [1.29, 1.82) is 0 Å². The van der Waals surface area contributed by atoms with Gasteiger partial charge in [-0.15, -0.1) is 0 Å². The topological polar surface area (TPSA) is 41.1 Å². The Kier molecular flexibility index (Phi) is 3.95. The summed E-state index contributed by atoms with van der Waals surface area (Å²) in [6.45, 7) is 0. The molecule has 108 valence electrons. The molecule has 0 aromatic heterocycles. The van der Waals surface area contributed by atoms with Crippen molar-refractivity contribution in [2.45, 2.75) is 62.9 Å². The number of amides is 2. The molecule has 0 aliphatic heterocycles. The van der Waals surface area contributed by atoms with Crippen molar-refractivity contribution in [1.82, 2.24) is 10.6 Å². The van der Waals surface area contributed by atoms with Crippen LogP contribution in [0.2, 0.25) is 0 Å². The van der Waals surface area contributed by atoms with Crippen LogP contribution < -0.4 is 10.6 Å². The number of hydrogen-bond acceptors (Lipinski definition) is 1. The Morgan fingerprint density at radius 1 is 1.00 bits per heavy atom. The molecular weight excluding hydrogens is 248 g/mol. The fourth-order valence-corrected chi connectivity index (χ4v) is 3.46. The van der Waals surface area contributed by atoms with Crippen LogP contribution in [0.1, 0.15) is 56.9 Å². The Morgan fingerprint density at radius 2 is 1.70 bits per heavy atom. The number of hydrogen-bond donors (Lipinski definition) is 2. The number of benzene rings is 1. The molecule has 20 heavy (non-hydrogen) atoms. The first-order valence-electron chi connectivity index (χ1n) is 7.93. The lowest BCUT2D eigenvalue weighted by Gasteiger charge is -2.43. The Hall–Kier alpha value is -1.51. The molecule has 1 aromatic carbocycles. The zero-order valence-electron chi connectivity index (χ0n) is 12.0. The van der Waals surface area contributed by atoms with Gasteiger partial charge in [0.1, 0.15) is 0 Å². The molecule has 2 aliphatic rings. The van der Waals surface area contributed by atoms with E-state index in [0.29, 0.717) is 6.04 Å². The van der Waals surface area contributed by atoms with Crippen molar-refractivity contribution in [2.24, 2.45) is 0 Å². The quantitative estimate of drug-likeness (QED) is 0.865. The lowest BCUT2D eigenvalue weighted by molar-refractivity contribution is 0.173. The molecule has 1 aromatic rings. The highest BCUT2D eigenvalue weighted by Crippen LogP contribution is 2.41. The van der Waals surface area contributed by atoms with Crippen molar-refractivity contribution >= 4 is 6.03 Å². The normalized spacial score (nSPS) is 21.8. The van der Waals surface area contributed by atoms with Crippen molar-refractivity contribution in [3.05, 3.63) is 35.9 Å². The summed E-state index contributed by atoms with van der Waals surface area (Å²) in [7, 11) is 0. The first-order valence-corrected chi connectivity index (χ1v) is 7.93. The predicted octanol–water partition coefficient (Wildman–Crippen LogP) is 3.70. The van der Waals surface area contributed by atoms with E-state index in [9.17, 15) is 4.79 Å². The molecule has 3 rings (SSSR count). The summed E-state index contributed by atoms with van der Waals surface area (Å²) in [6, 6.07) is 10.8. The summed E-state index contributed by atoms with van der Waals surface area (Å²) in [6.07, 6.45) is 9.36. The third-order valence-electron chi connectivity index (χ3n) is 4.83. The maximum Gasteiger partial charge on any atom is 0.315 e. The molecule has 0 radical (unpaired) electrons. The van der Waals surface area contributed by atoms with Gasteiger partial charge in [-0.2, -0.15) is 0 Å². The van der Waals surface area contributed by atoms with Gasteiger partial charge in [0, 0.05) is 6.04 Å². The van der Waals surface area contributed by atoms with Crippen LogP contribution >= 0.6 is 0 Å². The second kappa shape index (κ2) is 5.86. The number of carbonyl (C=O) groups is 1. The Bertz CT molecular complexity index is 447. The molecule has 0 heterocycles. The van der Waals surface area contributed by atoms with E-state index in [-0.39, 0.29) is 11.6 Å². The second-order valence-corrected chi connectivity index (χ2v) is 6.24. The number of carbonyl (C=O) groups excluding carboxylic acids is 1. The summed E-state index contributed by atoms with van der Waals surface area (Å²) in [5.74, 6) is 0. The summed E-state index contributed by atoms with van der Waals surface area (Å²) in [5, 5.41) is 6.41. The van der Waals surface area contributed by atoms with Gasteiger partial charge in [0.25, 0.3) is 0 Å². The van der Waals surface area contributed by atoms with E-state index in [0.717, 1.165) is 25.7 Å². The Morgan fingerprint density at radius 3 is 2.30 bits per heavy atom. The third kappa shape index (κ3) is 2.82. The number of urea groups is 1. The smallest absolute Gasteiger partial charge is 0.315 e. The van der Waals surface area contributed by atoms with Gasteiger partial charge in [0.15, 0.2) is 0 Å². The fraction of sp³-hybridized carbons (Fsp3) is 0.588. The lowest BCUT2D eigenvalue weighted by Crippen LogP contribution is -2.55. The van der Waals surface area contributed by atoms with E-state index < -0.39 is 0 Å². The van der Waals surface area contributed by atoms with Crippen LogP contribution in [0.25, 0.3) is 0 Å². The van der Waals surface area contributed by atoms with Crippen molar-refractivity contribution in [3.8, 4) is 0 Å². The van der Waals surface area contributed by atoms with E-state index in [1.807, 2.05) is 6.07 Å². The molecule has 0 saturated heterocycles. The first kappa shape index (κ1) is 13.5. The highest BCUT2D eigenvalue weighted by Gasteiger charge is 2.40. The third-order valence-corrected chi connectivity index (χ3v) is 4.83. The van der Waals surface area contributed by atoms with Crippen LogP contribution in [0, 0.1) is 0 Å². The van der Waals surface area contributed by atoms with Crippen LogP contribution in [0.4, 0.5) is 4.79 Å². The van der Waals surface area contributed by atoms with Gasteiger partial charge in [-0.05, 0) is 37.7 Å². The minimum atomic E-state index is -0.125. The fourth-order valence-electron chi connectivity index (χ4n) is 3.46. The summed E-state index contributed by atoms with van der Waals surface area (Å²) in [5.41, 5.74) is 1.12. The van der Waals surface area contributed by atoms with Gasteiger partial charge in [0.05, 0.1) is 5.54 Å². The van der Waals surface area contributed by atoms with Gasteiger partial charge in [-0.25, -0.2) is 4.79 Å². The molecule has 3 nitrogen and oxygen atoms in total.